The Bertz CT molecular complexity index is 673. The van der Waals surface area contributed by atoms with Gasteiger partial charge in [-0.1, -0.05) is 18.2 Å². The van der Waals surface area contributed by atoms with Gasteiger partial charge in [0.05, 0.1) is 24.1 Å². The van der Waals surface area contributed by atoms with Gasteiger partial charge in [0.2, 0.25) is 5.91 Å². The molecule has 2 aromatic carbocycles. The van der Waals surface area contributed by atoms with Gasteiger partial charge >= 0.3 is 5.97 Å². The van der Waals surface area contributed by atoms with Crippen molar-refractivity contribution in [1.29, 1.82) is 0 Å². The Morgan fingerprint density at radius 1 is 1.18 bits per heavy atom. The number of rotatable bonds is 6. The van der Waals surface area contributed by atoms with Crippen LogP contribution in [-0.2, 0) is 4.79 Å². The van der Waals surface area contributed by atoms with Gasteiger partial charge in [-0.05, 0) is 30.3 Å². The standard InChI is InChI=1S/C16H15NO4S/c1-21-14-8-7-11(16(19)20)9-13(14)17-15(18)10-22-12-5-3-2-4-6-12/h2-9H,10H2,1H3,(H,17,18)(H,19,20). The maximum absolute atomic E-state index is 12.0. The van der Waals surface area contributed by atoms with E-state index in [4.69, 9.17) is 9.84 Å². The predicted octanol–water partition coefficient (Wildman–Crippen LogP) is 3.12. The summed E-state index contributed by atoms with van der Waals surface area (Å²) >= 11 is 1.40. The molecular weight excluding hydrogens is 302 g/mol. The zero-order valence-corrected chi connectivity index (χ0v) is 12.7. The molecule has 22 heavy (non-hydrogen) atoms. The topological polar surface area (TPSA) is 75.6 Å². The summed E-state index contributed by atoms with van der Waals surface area (Å²) in [4.78, 5) is 24.0. The molecule has 6 heteroatoms. The number of carboxylic acid groups (broad SMARTS) is 1. The average Bonchev–Trinajstić information content (AvgIpc) is 2.53. The van der Waals surface area contributed by atoms with Crippen molar-refractivity contribution in [1.82, 2.24) is 0 Å². The first-order chi connectivity index (χ1) is 10.6. The van der Waals surface area contributed by atoms with Gasteiger partial charge in [-0.15, -0.1) is 11.8 Å². The Morgan fingerprint density at radius 3 is 2.55 bits per heavy atom. The van der Waals surface area contributed by atoms with E-state index in [9.17, 15) is 9.59 Å². The first-order valence-electron chi connectivity index (χ1n) is 6.49. The number of methoxy groups -OCH3 is 1. The molecule has 0 aromatic heterocycles. The van der Waals surface area contributed by atoms with Gasteiger partial charge in [-0.3, -0.25) is 4.79 Å². The zero-order chi connectivity index (χ0) is 15.9. The molecule has 0 bridgehead atoms. The summed E-state index contributed by atoms with van der Waals surface area (Å²) in [6.07, 6.45) is 0. The van der Waals surface area contributed by atoms with Crippen LogP contribution in [0.25, 0.3) is 0 Å². The highest BCUT2D eigenvalue weighted by Crippen LogP contribution is 2.26. The molecule has 5 nitrogen and oxygen atoms in total. The molecule has 0 saturated heterocycles. The molecule has 0 aliphatic heterocycles. The third kappa shape index (κ3) is 4.26. The Hall–Kier alpha value is -2.47. The van der Waals surface area contributed by atoms with Gasteiger partial charge in [0.1, 0.15) is 5.75 Å². The number of thioether (sulfide) groups is 1. The van der Waals surface area contributed by atoms with E-state index in [0.717, 1.165) is 4.90 Å². The molecule has 0 heterocycles. The summed E-state index contributed by atoms with van der Waals surface area (Å²) in [5.74, 6) is -0.639. The summed E-state index contributed by atoms with van der Waals surface area (Å²) in [5.41, 5.74) is 0.438. The van der Waals surface area contributed by atoms with E-state index in [1.165, 1.54) is 37.1 Å². The minimum Gasteiger partial charge on any atom is -0.495 e. The summed E-state index contributed by atoms with van der Waals surface area (Å²) in [7, 11) is 1.46. The monoisotopic (exact) mass is 317 g/mol. The summed E-state index contributed by atoms with van der Waals surface area (Å²) in [6, 6.07) is 13.9. The third-order valence-electron chi connectivity index (χ3n) is 2.83. The van der Waals surface area contributed by atoms with Crippen molar-refractivity contribution in [2.24, 2.45) is 0 Å². The largest absolute Gasteiger partial charge is 0.495 e. The second-order valence-corrected chi connectivity index (χ2v) is 5.42. The molecular formula is C16H15NO4S. The first kappa shape index (κ1) is 15.9. The average molecular weight is 317 g/mol. The summed E-state index contributed by atoms with van der Waals surface area (Å²) in [5, 5.41) is 11.7. The number of carboxylic acids is 1. The van der Waals surface area contributed by atoms with Crippen LogP contribution in [0.15, 0.2) is 53.4 Å². The smallest absolute Gasteiger partial charge is 0.335 e. The quantitative estimate of drug-likeness (QED) is 0.801. The number of benzene rings is 2. The van der Waals surface area contributed by atoms with E-state index in [-0.39, 0.29) is 17.2 Å². The number of anilines is 1. The maximum atomic E-state index is 12.0. The number of hydrogen-bond donors (Lipinski definition) is 2. The van der Waals surface area contributed by atoms with E-state index in [1.54, 1.807) is 0 Å². The molecule has 2 N–H and O–H groups in total. The number of nitrogens with one attached hydrogen (secondary N) is 1. The molecule has 0 unspecified atom stereocenters. The van der Waals surface area contributed by atoms with Crippen molar-refractivity contribution in [2.75, 3.05) is 18.2 Å². The van der Waals surface area contributed by atoms with Crippen molar-refractivity contribution in [3.63, 3.8) is 0 Å². The highest BCUT2D eigenvalue weighted by atomic mass is 32.2. The lowest BCUT2D eigenvalue weighted by Crippen LogP contribution is -2.15. The van der Waals surface area contributed by atoms with Crippen molar-refractivity contribution in [2.45, 2.75) is 4.90 Å². The number of aromatic carboxylic acids is 1. The van der Waals surface area contributed by atoms with E-state index in [1.807, 2.05) is 30.3 Å². The lowest BCUT2D eigenvalue weighted by molar-refractivity contribution is -0.113. The van der Waals surface area contributed by atoms with Gasteiger partial charge in [-0.2, -0.15) is 0 Å². The summed E-state index contributed by atoms with van der Waals surface area (Å²) in [6.45, 7) is 0. The van der Waals surface area contributed by atoms with E-state index in [2.05, 4.69) is 5.32 Å². The van der Waals surface area contributed by atoms with Crippen LogP contribution < -0.4 is 10.1 Å². The number of hydrogen-bond acceptors (Lipinski definition) is 4. The fourth-order valence-electron chi connectivity index (χ4n) is 1.79. The zero-order valence-electron chi connectivity index (χ0n) is 11.9. The van der Waals surface area contributed by atoms with Crippen molar-refractivity contribution >= 4 is 29.3 Å². The third-order valence-corrected chi connectivity index (χ3v) is 3.85. The second kappa shape index (κ2) is 7.51. The molecule has 2 rings (SSSR count). The predicted molar refractivity (Wildman–Crippen MR) is 85.7 cm³/mol. The fraction of sp³-hybridized carbons (Fsp3) is 0.125. The fourth-order valence-corrected chi connectivity index (χ4v) is 2.51. The van der Waals surface area contributed by atoms with Gasteiger partial charge in [0.15, 0.2) is 0 Å². The van der Waals surface area contributed by atoms with Crippen LogP contribution in [0, 0.1) is 0 Å². The Morgan fingerprint density at radius 2 is 1.91 bits per heavy atom. The molecule has 0 spiro atoms. The van der Waals surface area contributed by atoms with Crippen LogP contribution >= 0.6 is 11.8 Å². The number of ether oxygens (including phenoxy) is 1. The van der Waals surface area contributed by atoms with E-state index >= 15 is 0 Å². The van der Waals surface area contributed by atoms with E-state index in [0.29, 0.717) is 11.4 Å². The van der Waals surface area contributed by atoms with Crippen LogP contribution in [0.4, 0.5) is 5.69 Å². The number of carbonyl (C=O) groups excluding carboxylic acids is 1. The van der Waals surface area contributed by atoms with Crippen molar-refractivity contribution in [3.8, 4) is 5.75 Å². The normalized spacial score (nSPS) is 10.0. The highest BCUT2D eigenvalue weighted by Gasteiger charge is 2.12. The number of amides is 1. The first-order valence-corrected chi connectivity index (χ1v) is 7.47. The minimum atomic E-state index is -1.06. The number of carbonyl (C=O) groups is 2. The lowest BCUT2D eigenvalue weighted by Gasteiger charge is -2.11. The molecule has 0 fully saturated rings. The van der Waals surface area contributed by atoms with Crippen LogP contribution in [0.1, 0.15) is 10.4 Å². The van der Waals surface area contributed by atoms with Crippen LogP contribution in [0.2, 0.25) is 0 Å². The molecule has 0 aliphatic carbocycles. The lowest BCUT2D eigenvalue weighted by atomic mass is 10.2. The van der Waals surface area contributed by atoms with Crippen molar-refractivity contribution < 1.29 is 19.4 Å². The van der Waals surface area contributed by atoms with Crippen LogP contribution in [0.3, 0.4) is 0 Å². The molecule has 114 valence electrons. The molecule has 0 atom stereocenters. The highest BCUT2D eigenvalue weighted by molar-refractivity contribution is 8.00. The molecule has 0 saturated carbocycles. The van der Waals surface area contributed by atoms with Gasteiger partial charge in [-0.25, -0.2) is 4.79 Å². The van der Waals surface area contributed by atoms with Crippen molar-refractivity contribution in [3.05, 3.63) is 54.1 Å². The second-order valence-electron chi connectivity index (χ2n) is 4.37. The SMILES string of the molecule is COc1ccc(C(=O)O)cc1NC(=O)CSc1ccccc1. The van der Waals surface area contributed by atoms with Gasteiger partial charge in [0, 0.05) is 4.90 Å². The van der Waals surface area contributed by atoms with Gasteiger partial charge in [0.25, 0.3) is 0 Å². The van der Waals surface area contributed by atoms with E-state index < -0.39 is 5.97 Å². The minimum absolute atomic E-state index is 0.0896. The molecule has 0 radical (unpaired) electrons. The summed E-state index contributed by atoms with van der Waals surface area (Å²) < 4.78 is 5.13. The molecule has 1 amide bonds. The Balaban J connectivity index is 2.04. The Labute approximate surface area is 132 Å². The molecule has 0 aliphatic rings. The van der Waals surface area contributed by atoms with Crippen LogP contribution in [-0.4, -0.2) is 29.8 Å². The van der Waals surface area contributed by atoms with Crippen LogP contribution in [0.5, 0.6) is 5.75 Å². The molecule has 2 aromatic rings. The maximum Gasteiger partial charge on any atom is 0.335 e. The van der Waals surface area contributed by atoms with Gasteiger partial charge < -0.3 is 15.2 Å². The Kier molecular flexibility index (Phi) is 5.43.